The number of para-hydroxylation sites is 1. The van der Waals surface area contributed by atoms with Crippen LogP contribution in [0.25, 0.3) is 21.8 Å². The van der Waals surface area contributed by atoms with Crippen LogP contribution in [-0.4, -0.2) is 219 Å². The lowest BCUT2D eigenvalue weighted by atomic mass is 9.84. The number of nitrogens with zero attached hydrogens (tertiary/aromatic N) is 15. The average Bonchev–Trinajstić information content (AvgIpc) is 1.22. The molecule has 36 nitrogen and oxygen atoms in total. The second-order valence-corrected chi connectivity index (χ2v) is 42.5. The van der Waals surface area contributed by atoms with Gasteiger partial charge in [0.25, 0.3) is 41.9 Å². The number of rotatable bonds is 24. The van der Waals surface area contributed by atoms with Crippen LogP contribution < -0.4 is 44.1 Å². The van der Waals surface area contributed by atoms with E-state index in [2.05, 4.69) is 45.2 Å². The number of fused-ring (bicyclic) bond motifs is 2. The molecule has 0 spiro atoms. The van der Waals surface area contributed by atoms with Crippen LogP contribution in [0.2, 0.25) is 10.0 Å². The maximum Gasteiger partial charge on any atom is 0.419 e. The fraction of sp³-hybridized carbons (Fsp3) is 0.250. The third kappa shape index (κ3) is 26.2. The van der Waals surface area contributed by atoms with Gasteiger partial charge in [0, 0.05) is 160 Å². The van der Waals surface area contributed by atoms with Crippen molar-refractivity contribution in [2.45, 2.75) is 96.2 Å². The highest BCUT2D eigenvalue weighted by atomic mass is 35.5. The first-order chi connectivity index (χ1) is 69.6. The fourth-order valence-electron chi connectivity index (χ4n) is 16.1. The number of nitrogen functional groups attached to an aromatic ring is 1. The van der Waals surface area contributed by atoms with E-state index in [1.165, 1.54) is 145 Å². The van der Waals surface area contributed by atoms with Gasteiger partial charge in [-0.1, -0.05) is 65.7 Å². The van der Waals surface area contributed by atoms with Crippen LogP contribution in [0, 0.1) is 23.0 Å². The van der Waals surface area contributed by atoms with Crippen LogP contribution >= 0.6 is 57.2 Å². The average molecular weight is 2190 g/mol. The lowest BCUT2D eigenvalue weighted by Gasteiger charge is -2.39. The van der Waals surface area contributed by atoms with Gasteiger partial charge >= 0.3 is 6.18 Å². The summed E-state index contributed by atoms with van der Waals surface area (Å²) in [5, 5.41) is 28.3. The number of hydrogen-bond acceptors (Lipinski definition) is 28. The molecule has 6 aromatic heterocycles. The number of ether oxygens (including phenoxy) is 2. The third-order valence-electron chi connectivity index (χ3n) is 23.7. The number of carbonyl (C=O) groups excluding carboxylic acids is 6. The van der Waals surface area contributed by atoms with E-state index in [9.17, 15) is 95.1 Å². The normalized spacial score (nSPS) is 15.5. The number of alkyl halides is 3. The molecule has 50 heteroatoms. The Morgan fingerprint density at radius 3 is 1.49 bits per heavy atom. The summed E-state index contributed by atoms with van der Waals surface area (Å²) in [6, 6.07) is 48.0. The number of thiazole rings is 3. The predicted octanol–water partition coefficient (Wildman–Crippen LogP) is 15.9. The predicted molar refractivity (Wildman–Crippen MR) is 553 cm³/mol. The van der Waals surface area contributed by atoms with Crippen molar-refractivity contribution in [1.29, 1.82) is 5.26 Å². The molecular weight excluding hydrogens is 2080 g/mol. The summed E-state index contributed by atoms with van der Waals surface area (Å²) in [5.74, 6) is -2.79. The number of sulfonamides is 3. The maximum atomic E-state index is 14.1. The summed E-state index contributed by atoms with van der Waals surface area (Å²) >= 11 is 13.4. The Morgan fingerprint density at radius 2 is 1.02 bits per heavy atom. The zero-order chi connectivity index (χ0) is 105. The topological polar surface area (TPSA) is 467 Å². The number of nitrogens with two attached hydrogens (primary N) is 1. The summed E-state index contributed by atoms with van der Waals surface area (Å²) in [6.07, 6.45) is 4.77. The molecule has 4 aliphatic rings. The number of likely N-dealkylation sites (tertiary alicyclic amines) is 1. The minimum Gasteiger partial charge on any atom is -0.768 e. The van der Waals surface area contributed by atoms with Crippen molar-refractivity contribution in [1.82, 2.24) is 53.7 Å². The molecule has 0 radical (unpaired) electrons. The number of piperidine rings is 1. The van der Waals surface area contributed by atoms with Gasteiger partial charge in [-0.05, 0) is 203 Å². The zero-order valence-corrected chi connectivity index (χ0v) is 84.9. The van der Waals surface area contributed by atoms with Crippen LogP contribution in [0.5, 0.6) is 11.5 Å². The molecule has 0 saturated carbocycles. The molecular formula is C96H103Cl2F5N19O17S7-. The summed E-state index contributed by atoms with van der Waals surface area (Å²) in [4.78, 5) is 109. The van der Waals surface area contributed by atoms with E-state index in [1.807, 2.05) is 29.2 Å². The summed E-state index contributed by atoms with van der Waals surface area (Å²) < 4.78 is 185. The number of piperazine rings is 3. The van der Waals surface area contributed by atoms with Crippen molar-refractivity contribution in [2.75, 3.05) is 113 Å². The quantitative estimate of drug-likeness (QED) is 0.0277. The molecule has 18 rings (SSSR count). The van der Waals surface area contributed by atoms with Crippen molar-refractivity contribution >= 4 is 194 Å². The highest BCUT2D eigenvalue weighted by molar-refractivity contribution is 7.93. The number of amides is 6. The van der Waals surface area contributed by atoms with Crippen LogP contribution in [-0.2, 0) is 81.7 Å². The van der Waals surface area contributed by atoms with Gasteiger partial charge in [-0.15, -0.1) is 34.0 Å². The van der Waals surface area contributed by atoms with Crippen molar-refractivity contribution in [3.05, 3.63) is 286 Å². The summed E-state index contributed by atoms with van der Waals surface area (Å²) in [6.45, 7) is 9.85. The highest BCUT2D eigenvalue weighted by Gasteiger charge is 2.40. The largest absolute Gasteiger partial charge is 0.768 e. The molecule has 4 saturated heterocycles. The van der Waals surface area contributed by atoms with Gasteiger partial charge in [-0.2, -0.15) is 18.4 Å². The lowest BCUT2D eigenvalue weighted by Crippen LogP contribution is -2.53. The Bertz CT molecular complexity index is 7490. The van der Waals surface area contributed by atoms with Gasteiger partial charge in [0.2, 0.25) is 23.6 Å². The molecule has 4 fully saturated rings. The van der Waals surface area contributed by atoms with E-state index in [-0.39, 0.29) is 116 Å². The first-order valence-corrected chi connectivity index (χ1v) is 53.4. The number of anilines is 7. The fourth-order valence-corrected chi connectivity index (χ4v) is 22.1. The molecule has 0 bridgehead atoms. The number of carbonyl (C=O) groups is 6. The van der Waals surface area contributed by atoms with Crippen molar-refractivity contribution < 1.29 is 108 Å². The van der Waals surface area contributed by atoms with Crippen LogP contribution in [0.3, 0.4) is 0 Å². The van der Waals surface area contributed by atoms with E-state index in [1.54, 1.807) is 161 Å². The summed E-state index contributed by atoms with van der Waals surface area (Å²) in [7, 11) is -11.4. The third-order valence-corrected chi connectivity index (χ3v) is 31.7. The van der Waals surface area contributed by atoms with Crippen LogP contribution in [0.4, 0.5) is 60.2 Å². The van der Waals surface area contributed by atoms with Crippen molar-refractivity contribution in [3.8, 4) is 17.6 Å². The van der Waals surface area contributed by atoms with Crippen LogP contribution in [0.15, 0.2) is 267 Å². The number of aliphatic hydroxyl groups is 1. The van der Waals surface area contributed by atoms with E-state index < -0.39 is 94.5 Å². The number of aromatic nitrogens is 7. The Morgan fingerprint density at radius 1 is 0.548 bits per heavy atom. The minimum absolute atomic E-state index is 0. The molecule has 8 aromatic carbocycles. The van der Waals surface area contributed by atoms with Gasteiger partial charge < -0.3 is 68.3 Å². The van der Waals surface area contributed by atoms with Gasteiger partial charge in [-0.3, -0.25) is 47.1 Å². The number of benzene rings is 8. The number of halogens is 7. The molecule has 5 atom stereocenters. The summed E-state index contributed by atoms with van der Waals surface area (Å²) in [5.41, 5.74) is 6.96. The Labute approximate surface area is 867 Å². The zero-order valence-electron chi connectivity index (χ0n) is 77.6. The standard InChI is InChI=1S/C25H22N6O4S2.C24H22FN5O4S2.C23H23Cl2N3O5S2.C20H20F4N2O4S.C4H5N3.6H2/c1-17(31-15-18(14-26)21-4-2-3-5-22(21)31)24(33)29-11-12-30(23(32)16-29)19-6-8-20(9-7-19)37(34,35)28-25-27-10-13-36-25;1-16(29-11-9-19-20(25)3-2-4-21(19)29)23(32)28-12-13-30(22(31)15-28)17-5-7-18(8-6-17)36(33,34)27-24-26-10-14-35-24;1-15(33-19-4-2-3-18(24)20(19)25)21(29)28-12-9-23(30,10-13-28)16-5-7-17(8-6-16)35(31,32)27-22-26-11-14-34-22;1-13(30-15-4-7-18(21)17(12-15)20(22,23)24)19(27)26-10-8-25(9-11-26)14-2-5-16(6-3-14)31(28)29;5-4-1-2-6-3-7-4;;;;;;/h2-10,13,15,17H,11-12,16H2,1H3,(H,27,28);2-11,14,16H,12-13,15H2,1H3,(H,26,27);2-8,11,14-15,30H,9-10,12-13H2,1H3,(H,26,27);2-7,12-13H,8-11H2,1H3,(H,28,29);1-3H,(H2,5,6,7);6*1H/p-1/t;16-;15-;;;;;;;;/m.00......../s1. The first-order valence-electron chi connectivity index (χ1n) is 44.5. The Kier molecular flexibility index (Phi) is 34.6. The number of nitriles is 1. The Balaban J connectivity index is 0.000000238. The molecule has 10 heterocycles. The molecule has 776 valence electrons. The second kappa shape index (κ2) is 46.9. The maximum absolute atomic E-state index is 14.1. The molecule has 146 heavy (non-hydrogen) atoms. The van der Waals surface area contributed by atoms with Gasteiger partial charge in [0.15, 0.2) is 27.6 Å². The van der Waals surface area contributed by atoms with Crippen molar-refractivity contribution in [3.63, 3.8) is 0 Å². The number of nitrogens with one attached hydrogen (secondary N) is 3. The second-order valence-electron chi connectivity index (χ2n) is 33.0. The van der Waals surface area contributed by atoms with E-state index in [4.69, 9.17) is 38.4 Å². The highest BCUT2D eigenvalue weighted by Crippen LogP contribution is 2.39. The monoisotopic (exact) mass is 2180 g/mol. The van der Waals surface area contributed by atoms with E-state index in [0.717, 1.165) is 22.7 Å². The van der Waals surface area contributed by atoms with Crippen molar-refractivity contribution in [2.24, 2.45) is 0 Å². The minimum atomic E-state index is -4.87. The van der Waals surface area contributed by atoms with Crippen LogP contribution in [0.1, 0.15) is 77.9 Å². The van der Waals surface area contributed by atoms with Gasteiger partial charge in [-0.25, -0.2) is 59.0 Å². The van der Waals surface area contributed by atoms with Gasteiger partial charge in [0.1, 0.15) is 71.5 Å². The molecule has 6 N–H and O–H groups in total. The molecule has 14 aromatic rings. The lowest BCUT2D eigenvalue weighted by molar-refractivity contribution is -0.142. The smallest absolute Gasteiger partial charge is 0.419 e. The molecule has 3 unspecified atom stereocenters. The number of hydrogen-bond donors (Lipinski definition) is 5. The first kappa shape index (κ1) is 108. The van der Waals surface area contributed by atoms with Gasteiger partial charge in [0.05, 0.1) is 47.5 Å². The molecule has 4 aliphatic heterocycles. The SMILES string of the molecule is CC(C(=O)N1CCN(c2ccc(S(=O)(=O)Nc3nccs3)cc2)C(=O)C1)n1cc(C#N)c2ccccc21.CC(Oc1ccc(F)c(C(F)(F)F)c1)C(=O)N1CCN(c2ccc(S(=O)[O-])cc2)CC1.C[C@@H](C(=O)N1CCN(c2ccc(S(=O)(=O)Nc3nccs3)cc2)C(=O)C1)n1ccc2c(F)cccc21.C[C@H](Oc1cccc(Cl)c1Cl)C(=O)N1CCC(O)(c2ccc(S(=O)(=O)Nc3nccs3)cc2)CC1.Nc1ccncn1.[HH].[HH].[HH].[HH].[HH].[HH]. The molecule has 6 amide bonds. The van der Waals surface area contributed by atoms with E-state index in [0.29, 0.717) is 127 Å². The van der Waals surface area contributed by atoms with E-state index >= 15 is 0 Å². The molecule has 0 aliphatic carbocycles. The Hall–Kier alpha value is -14.1.